The third-order valence-electron chi connectivity index (χ3n) is 1.79. The highest BCUT2D eigenvalue weighted by Gasteiger charge is 2.16. The van der Waals surface area contributed by atoms with Gasteiger partial charge in [-0.3, -0.25) is 4.40 Å². The maximum absolute atomic E-state index is 10.8. The number of imidazole rings is 1. The lowest BCUT2D eigenvalue weighted by molar-refractivity contribution is 0.0693. The molecular weight excluding hydrogens is 208 g/mol. The highest BCUT2D eigenvalue weighted by molar-refractivity contribution is 6.28. The fourth-order valence-corrected chi connectivity index (χ4v) is 1.49. The number of carboxylic acids is 1. The molecule has 14 heavy (non-hydrogen) atoms. The standard InChI is InChI=1S/C7H5ClN4O2/c1-3-10-5(6(13)14)4-2-9-11-7(8)12(3)4/h2H,1H3,(H,13,14). The molecule has 0 saturated carbocycles. The van der Waals surface area contributed by atoms with Crippen LogP contribution in [-0.4, -0.2) is 30.7 Å². The van der Waals surface area contributed by atoms with E-state index in [0.717, 1.165) is 0 Å². The summed E-state index contributed by atoms with van der Waals surface area (Å²) in [5, 5.41) is 16.1. The van der Waals surface area contributed by atoms with Crippen LogP contribution in [0.25, 0.3) is 5.52 Å². The summed E-state index contributed by atoms with van der Waals surface area (Å²) in [6.07, 6.45) is 1.31. The van der Waals surface area contributed by atoms with Crippen molar-refractivity contribution < 1.29 is 9.90 Å². The summed E-state index contributed by atoms with van der Waals surface area (Å²) in [5.41, 5.74) is 0.273. The van der Waals surface area contributed by atoms with E-state index in [4.69, 9.17) is 16.7 Å². The Morgan fingerprint density at radius 3 is 3.00 bits per heavy atom. The molecule has 0 aliphatic heterocycles. The molecule has 0 radical (unpaired) electrons. The molecule has 7 heteroatoms. The Balaban J connectivity index is 2.91. The number of carboxylic acid groups (broad SMARTS) is 1. The predicted octanol–water partition coefficient (Wildman–Crippen LogP) is 0.784. The summed E-state index contributed by atoms with van der Waals surface area (Å²) in [4.78, 5) is 14.6. The number of halogens is 1. The second-order valence-electron chi connectivity index (χ2n) is 2.65. The van der Waals surface area contributed by atoms with Crippen molar-refractivity contribution in [1.29, 1.82) is 0 Å². The van der Waals surface area contributed by atoms with Gasteiger partial charge in [0.25, 0.3) is 0 Å². The van der Waals surface area contributed by atoms with Gasteiger partial charge in [0.2, 0.25) is 5.28 Å². The molecule has 0 spiro atoms. The van der Waals surface area contributed by atoms with E-state index in [2.05, 4.69) is 15.2 Å². The van der Waals surface area contributed by atoms with E-state index < -0.39 is 5.97 Å². The second-order valence-corrected chi connectivity index (χ2v) is 2.99. The first-order chi connectivity index (χ1) is 6.61. The molecule has 0 aliphatic carbocycles. The van der Waals surface area contributed by atoms with Crippen LogP contribution in [0.3, 0.4) is 0 Å². The lowest BCUT2D eigenvalue weighted by atomic mass is 10.4. The Morgan fingerprint density at radius 1 is 1.64 bits per heavy atom. The summed E-state index contributed by atoms with van der Waals surface area (Å²) in [5.74, 6) is -0.642. The number of aromatic nitrogens is 4. The van der Waals surface area contributed by atoms with Crippen LogP contribution in [0, 0.1) is 6.92 Å². The highest BCUT2D eigenvalue weighted by atomic mass is 35.5. The zero-order valence-electron chi connectivity index (χ0n) is 7.10. The van der Waals surface area contributed by atoms with E-state index in [9.17, 15) is 4.79 Å². The molecule has 0 saturated heterocycles. The summed E-state index contributed by atoms with van der Waals surface area (Å²) < 4.78 is 1.43. The van der Waals surface area contributed by atoms with Crippen molar-refractivity contribution in [3.05, 3.63) is 23.0 Å². The first-order valence-electron chi connectivity index (χ1n) is 3.71. The van der Waals surface area contributed by atoms with Gasteiger partial charge in [-0.25, -0.2) is 9.78 Å². The number of aromatic carboxylic acids is 1. The minimum absolute atomic E-state index is 0.0701. The molecule has 0 aliphatic rings. The first kappa shape index (κ1) is 8.89. The molecule has 2 aromatic heterocycles. The first-order valence-corrected chi connectivity index (χ1v) is 4.08. The van der Waals surface area contributed by atoms with Crippen LogP contribution in [0.2, 0.25) is 5.28 Å². The van der Waals surface area contributed by atoms with Gasteiger partial charge in [-0.05, 0) is 18.5 Å². The molecule has 0 fully saturated rings. The fraction of sp³-hybridized carbons (Fsp3) is 0.143. The van der Waals surface area contributed by atoms with E-state index >= 15 is 0 Å². The van der Waals surface area contributed by atoms with Gasteiger partial charge in [0.15, 0.2) is 5.69 Å². The number of hydrogen-bond donors (Lipinski definition) is 1. The molecule has 6 nitrogen and oxygen atoms in total. The number of aryl methyl sites for hydroxylation is 1. The molecule has 2 aromatic rings. The van der Waals surface area contributed by atoms with Crippen molar-refractivity contribution in [3.63, 3.8) is 0 Å². The van der Waals surface area contributed by atoms with E-state index in [1.807, 2.05) is 0 Å². The van der Waals surface area contributed by atoms with Gasteiger partial charge in [0, 0.05) is 0 Å². The van der Waals surface area contributed by atoms with Gasteiger partial charge in [-0.2, -0.15) is 5.10 Å². The number of nitrogens with zero attached hydrogens (tertiary/aromatic N) is 4. The topological polar surface area (TPSA) is 80.4 Å². The SMILES string of the molecule is Cc1nc(C(=O)O)c2cnnc(Cl)n12. The number of hydrogen-bond acceptors (Lipinski definition) is 4. The Hall–Kier alpha value is -1.69. The lowest BCUT2D eigenvalue weighted by Gasteiger charge is -1.96. The molecule has 0 amide bonds. The molecule has 0 unspecified atom stereocenters. The van der Waals surface area contributed by atoms with Crippen molar-refractivity contribution >= 4 is 23.1 Å². The van der Waals surface area contributed by atoms with Crippen LogP contribution in [-0.2, 0) is 0 Å². The monoisotopic (exact) mass is 212 g/mol. The third-order valence-corrected chi connectivity index (χ3v) is 2.03. The molecule has 1 N–H and O–H groups in total. The van der Waals surface area contributed by atoms with Crippen molar-refractivity contribution in [2.75, 3.05) is 0 Å². The van der Waals surface area contributed by atoms with Crippen LogP contribution >= 0.6 is 11.6 Å². The summed E-state index contributed by atoms with van der Waals surface area (Å²) in [6.45, 7) is 1.65. The van der Waals surface area contributed by atoms with Crippen molar-refractivity contribution in [1.82, 2.24) is 19.6 Å². The van der Waals surface area contributed by atoms with E-state index in [-0.39, 0.29) is 11.0 Å². The van der Waals surface area contributed by atoms with Crippen LogP contribution in [0.5, 0.6) is 0 Å². The molecule has 0 atom stereocenters. The minimum Gasteiger partial charge on any atom is -0.476 e. The lowest BCUT2D eigenvalue weighted by Crippen LogP contribution is -1.99. The van der Waals surface area contributed by atoms with Gasteiger partial charge in [-0.15, -0.1) is 5.10 Å². The highest BCUT2D eigenvalue weighted by Crippen LogP contribution is 2.15. The van der Waals surface area contributed by atoms with Crippen LogP contribution in [0.15, 0.2) is 6.20 Å². The average Bonchev–Trinajstić information content (AvgIpc) is 2.45. The molecule has 72 valence electrons. The summed E-state index contributed by atoms with van der Waals surface area (Å²) >= 11 is 5.74. The molecule has 0 bridgehead atoms. The third kappa shape index (κ3) is 1.12. The van der Waals surface area contributed by atoms with Crippen LogP contribution in [0.4, 0.5) is 0 Å². The van der Waals surface area contributed by atoms with E-state index in [0.29, 0.717) is 11.3 Å². The summed E-state index contributed by atoms with van der Waals surface area (Å²) in [6, 6.07) is 0. The van der Waals surface area contributed by atoms with Gasteiger partial charge in [0.1, 0.15) is 11.3 Å². The number of fused-ring (bicyclic) bond motifs is 1. The Kier molecular flexibility index (Phi) is 1.85. The maximum atomic E-state index is 10.8. The zero-order chi connectivity index (χ0) is 10.3. The van der Waals surface area contributed by atoms with Crippen molar-refractivity contribution in [3.8, 4) is 0 Å². The Labute approximate surface area is 83.2 Å². The van der Waals surface area contributed by atoms with Gasteiger partial charge in [-0.1, -0.05) is 0 Å². The van der Waals surface area contributed by atoms with Crippen molar-refractivity contribution in [2.24, 2.45) is 0 Å². The van der Waals surface area contributed by atoms with Gasteiger partial charge >= 0.3 is 5.97 Å². The summed E-state index contributed by atoms with van der Waals surface area (Å²) in [7, 11) is 0. The number of carbonyl (C=O) groups is 1. The van der Waals surface area contributed by atoms with Gasteiger partial charge < -0.3 is 5.11 Å². The molecule has 2 heterocycles. The fourth-order valence-electron chi connectivity index (χ4n) is 1.23. The quantitative estimate of drug-likeness (QED) is 0.756. The maximum Gasteiger partial charge on any atom is 0.356 e. The smallest absolute Gasteiger partial charge is 0.356 e. The van der Waals surface area contributed by atoms with E-state index in [1.54, 1.807) is 6.92 Å². The van der Waals surface area contributed by atoms with E-state index in [1.165, 1.54) is 10.6 Å². The minimum atomic E-state index is -1.11. The number of rotatable bonds is 1. The van der Waals surface area contributed by atoms with Crippen LogP contribution in [0.1, 0.15) is 16.3 Å². The molecule has 2 rings (SSSR count). The Morgan fingerprint density at radius 2 is 2.36 bits per heavy atom. The van der Waals surface area contributed by atoms with Crippen molar-refractivity contribution in [2.45, 2.75) is 6.92 Å². The second kappa shape index (κ2) is 2.91. The largest absolute Gasteiger partial charge is 0.476 e. The Bertz CT molecular complexity index is 522. The molecular formula is C7H5ClN4O2. The average molecular weight is 213 g/mol. The van der Waals surface area contributed by atoms with Gasteiger partial charge in [0.05, 0.1) is 6.20 Å². The normalized spacial score (nSPS) is 10.7. The van der Waals surface area contributed by atoms with Crippen LogP contribution < -0.4 is 0 Å². The molecule has 0 aromatic carbocycles. The predicted molar refractivity (Wildman–Crippen MR) is 47.5 cm³/mol. The zero-order valence-corrected chi connectivity index (χ0v) is 7.86.